The van der Waals surface area contributed by atoms with Crippen LogP contribution in [0.1, 0.15) is 42.7 Å². The lowest BCUT2D eigenvalue weighted by Gasteiger charge is -2.38. The summed E-state index contributed by atoms with van der Waals surface area (Å²) in [5, 5.41) is 4.02. The third kappa shape index (κ3) is 4.64. The summed E-state index contributed by atoms with van der Waals surface area (Å²) >= 11 is 0. The Morgan fingerprint density at radius 1 is 1.17 bits per heavy atom. The van der Waals surface area contributed by atoms with Gasteiger partial charge in [-0.05, 0) is 63.7 Å². The molecule has 156 valence electrons. The van der Waals surface area contributed by atoms with Gasteiger partial charge in [0.15, 0.2) is 0 Å². The van der Waals surface area contributed by atoms with Crippen molar-refractivity contribution in [3.05, 3.63) is 47.3 Å². The number of aromatic nitrogens is 1. The number of carbonyl (C=O) groups is 1. The number of hydrogen-bond acceptors (Lipinski definition) is 5. The van der Waals surface area contributed by atoms with Crippen LogP contribution >= 0.6 is 0 Å². The summed E-state index contributed by atoms with van der Waals surface area (Å²) in [6.07, 6.45) is 3.90. The number of ether oxygens (including phenoxy) is 1. The molecule has 2 fully saturated rings. The Morgan fingerprint density at radius 3 is 2.62 bits per heavy atom. The first-order valence-electron chi connectivity index (χ1n) is 10.6. The molecule has 29 heavy (non-hydrogen) atoms. The molecule has 0 N–H and O–H groups in total. The molecule has 2 saturated heterocycles. The van der Waals surface area contributed by atoms with Crippen molar-refractivity contribution in [2.24, 2.45) is 5.41 Å². The molecule has 1 amide bonds. The Balaban J connectivity index is 1.22. The molecule has 6 heteroatoms. The lowest BCUT2D eigenvalue weighted by Crippen LogP contribution is -2.42. The van der Waals surface area contributed by atoms with E-state index in [1.807, 2.05) is 49.1 Å². The summed E-state index contributed by atoms with van der Waals surface area (Å²) in [6, 6.07) is 9.99. The van der Waals surface area contributed by atoms with Gasteiger partial charge in [-0.3, -0.25) is 4.79 Å². The van der Waals surface area contributed by atoms with Gasteiger partial charge in [-0.1, -0.05) is 23.4 Å². The van der Waals surface area contributed by atoms with E-state index in [4.69, 9.17) is 9.26 Å². The molecule has 0 radical (unpaired) electrons. The van der Waals surface area contributed by atoms with E-state index in [0.717, 1.165) is 74.8 Å². The summed E-state index contributed by atoms with van der Waals surface area (Å²) in [7, 11) is 0. The SMILES string of the molecule is Cc1noc(C)c1CN1CC2(CCN(CCCOc3ccccc3)CC2)CC1=O. The highest BCUT2D eigenvalue weighted by atomic mass is 16.5. The van der Waals surface area contributed by atoms with Crippen molar-refractivity contribution in [1.82, 2.24) is 15.0 Å². The third-order valence-corrected chi connectivity index (χ3v) is 6.48. The number of piperidine rings is 1. The normalized spacial score (nSPS) is 19.2. The predicted octanol–water partition coefficient (Wildman–Crippen LogP) is 3.58. The zero-order valence-electron chi connectivity index (χ0n) is 17.5. The maximum Gasteiger partial charge on any atom is 0.223 e. The summed E-state index contributed by atoms with van der Waals surface area (Å²) in [6.45, 7) is 9.29. The van der Waals surface area contributed by atoms with Gasteiger partial charge in [-0.25, -0.2) is 0 Å². The Morgan fingerprint density at radius 2 is 1.93 bits per heavy atom. The summed E-state index contributed by atoms with van der Waals surface area (Å²) in [4.78, 5) is 17.2. The second-order valence-electron chi connectivity index (χ2n) is 8.59. The Kier molecular flexibility index (Phi) is 5.90. The average Bonchev–Trinajstić information content (AvgIpc) is 3.21. The van der Waals surface area contributed by atoms with Gasteiger partial charge in [0.25, 0.3) is 0 Å². The maximum atomic E-state index is 12.7. The largest absolute Gasteiger partial charge is 0.494 e. The smallest absolute Gasteiger partial charge is 0.223 e. The highest BCUT2D eigenvalue weighted by molar-refractivity contribution is 5.79. The molecule has 0 unspecified atom stereocenters. The second-order valence-corrected chi connectivity index (χ2v) is 8.59. The first-order valence-corrected chi connectivity index (χ1v) is 10.6. The van der Waals surface area contributed by atoms with Crippen LogP contribution in [-0.2, 0) is 11.3 Å². The minimum atomic E-state index is 0.146. The van der Waals surface area contributed by atoms with Crippen LogP contribution in [0.15, 0.2) is 34.9 Å². The molecule has 0 bridgehead atoms. The van der Waals surface area contributed by atoms with Crippen molar-refractivity contribution in [2.75, 3.05) is 32.8 Å². The number of likely N-dealkylation sites (tertiary alicyclic amines) is 2. The number of nitrogens with zero attached hydrogens (tertiary/aromatic N) is 3. The maximum absolute atomic E-state index is 12.7. The fourth-order valence-corrected chi connectivity index (χ4v) is 4.62. The van der Waals surface area contributed by atoms with Crippen molar-refractivity contribution in [2.45, 2.75) is 46.1 Å². The quantitative estimate of drug-likeness (QED) is 0.669. The number of benzene rings is 1. The van der Waals surface area contributed by atoms with Crippen LogP contribution < -0.4 is 4.74 Å². The molecule has 1 aromatic heterocycles. The minimum Gasteiger partial charge on any atom is -0.494 e. The van der Waals surface area contributed by atoms with Crippen molar-refractivity contribution in [1.29, 1.82) is 0 Å². The Bertz CT molecular complexity index is 806. The van der Waals surface area contributed by atoms with Crippen LogP contribution in [0.4, 0.5) is 0 Å². The molecule has 2 aliphatic rings. The van der Waals surface area contributed by atoms with Gasteiger partial charge >= 0.3 is 0 Å². The van der Waals surface area contributed by atoms with Gasteiger partial charge in [0.2, 0.25) is 5.91 Å². The minimum absolute atomic E-state index is 0.146. The van der Waals surface area contributed by atoms with Crippen molar-refractivity contribution >= 4 is 5.91 Å². The zero-order valence-corrected chi connectivity index (χ0v) is 17.5. The van der Waals surface area contributed by atoms with Crippen LogP contribution in [0.25, 0.3) is 0 Å². The lowest BCUT2D eigenvalue weighted by molar-refractivity contribution is -0.128. The van der Waals surface area contributed by atoms with Gasteiger partial charge in [0.05, 0.1) is 18.8 Å². The summed E-state index contributed by atoms with van der Waals surface area (Å²) in [5.41, 5.74) is 2.10. The molecular weight excluding hydrogens is 366 g/mol. The molecule has 1 spiro atoms. The van der Waals surface area contributed by atoms with Crippen LogP contribution in [0.3, 0.4) is 0 Å². The van der Waals surface area contributed by atoms with E-state index in [9.17, 15) is 4.79 Å². The molecule has 4 rings (SSSR count). The number of rotatable bonds is 7. The molecule has 6 nitrogen and oxygen atoms in total. The second kappa shape index (κ2) is 8.57. The van der Waals surface area contributed by atoms with Crippen molar-refractivity contribution in [3.63, 3.8) is 0 Å². The topological polar surface area (TPSA) is 58.8 Å². The number of para-hydroxylation sites is 1. The number of amides is 1. The zero-order chi connectivity index (χ0) is 20.3. The highest BCUT2D eigenvalue weighted by Crippen LogP contribution is 2.41. The van der Waals surface area contributed by atoms with E-state index in [0.29, 0.717) is 13.0 Å². The van der Waals surface area contributed by atoms with Gasteiger partial charge < -0.3 is 19.1 Å². The monoisotopic (exact) mass is 397 g/mol. The fourth-order valence-electron chi connectivity index (χ4n) is 4.62. The predicted molar refractivity (Wildman–Crippen MR) is 111 cm³/mol. The standard InChI is InChI=1S/C23H31N3O3/c1-18-21(19(2)29-24-18)16-26-17-23(15-22(26)27)9-12-25(13-10-23)11-6-14-28-20-7-4-3-5-8-20/h3-5,7-8H,6,9-17H2,1-2H3. The van der Waals surface area contributed by atoms with Crippen molar-refractivity contribution in [3.8, 4) is 5.75 Å². The molecule has 2 aliphatic heterocycles. The van der Waals surface area contributed by atoms with Crippen LogP contribution in [0.2, 0.25) is 0 Å². The molecular formula is C23H31N3O3. The van der Waals surface area contributed by atoms with E-state index in [1.54, 1.807) is 0 Å². The van der Waals surface area contributed by atoms with Gasteiger partial charge in [-0.15, -0.1) is 0 Å². The summed E-state index contributed by atoms with van der Waals surface area (Å²) in [5.74, 6) is 2.03. The van der Waals surface area contributed by atoms with Gasteiger partial charge in [-0.2, -0.15) is 0 Å². The Hall–Kier alpha value is -2.34. The van der Waals surface area contributed by atoms with E-state index >= 15 is 0 Å². The first-order chi connectivity index (χ1) is 14.0. The van der Waals surface area contributed by atoms with Gasteiger partial charge in [0.1, 0.15) is 11.5 Å². The molecule has 0 aliphatic carbocycles. The van der Waals surface area contributed by atoms with Crippen LogP contribution in [0, 0.1) is 19.3 Å². The fraction of sp³-hybridized carbons (Fsp3) is 0.565. The summed E-state index contributed by atoms with van der Waals surface area (Å²) < 4.78 is 11.1. The average molecular weight is 398 g/mol. The highest BCUT2D eigenvalue weighted by Gasteiger charge is 2.44. The third-order valence-electron chi connectivity index (χ3n) is 6.48. The van der Waals surface area contributed by atoms with E-state index in [2.05, 4.69) is 10.1 Å². The van der Waals surface area contributed by atoms with Crippen LogP contribution in [0.5, 0.6) is 5.75 Å². The number of aryl methyl sites for hydroxylation is 2. The van der Waals surface area contributed by atoms with Crippen molar-refractivity contribution < 1.29 is 14.1 Å². The molecule has 0 saturated carbocycles. The van der Waals surface area contributed by atoms with E-state index in [1.165, 1.54) is 0 Å². The molecule has 0 atom stereocenters. The first kappa shape index (κ1) is 20.0. The number of hydrogen-bond donors (Lipinski definition) is 0. The van der Waals surface area contributed by atoms with Crippen LogP contribution in [-0.4, -0.2) is 53.6 Å². The number of carbonyl (C=O) groups excluding carboxylic acids is 1. The molecule has 2 aromatic rings. The van der Waals surface area contributed by atoms with E-state index in [-0.39, 0.29) is 11.3 Å². The molecule has 1 aromatic carbocycles. The molecule has 3 heterocycles. The van der Waals surface area contributed by atoms with E-state index < -0.39 is 0 Å². The lowest BCUT2D eigenvalue weighted by atomic mass is 9.77. The van der Waals surface area contributed by atoms with Gasteiger partial charge in [0, 0.05) is 25.1 Å². The Labute approximate surface area is 172 Å².